The van der Waals surface area contributed by atoms with Crippen LogP contribution in [0.25, 0.3) is 0 Å². The molecular formula is C12H22BN3O6. The van der Waals surface area contributed by atoms with E-state index in [2.05, 4.69) is 0 Å². The highest BCUT2D eigenvalue weighted by Crippen LogP contribution is 2.34. The second-order valence-corrected chi connectivity index (χ2v) is 6.01. The Morgan fingerprint density at radius 1 is 1.68 bits per heavy atom. The van der Waals surface area contributed by atoms with E-state index in [9.17, 15) is 14.7 Å². The number of likely N-dealkylation sites (tertiary alicyclic amines) is 1. The normalized spacial score (nSPS) is 31.9. The van der Waals surface area contributed by atoms with E-state index in [0.717, 1.165) is 6.42 Å². The molecule has 0 saturated carbocycles. The quantitative estimate of drug-likeness (QED) is 0.324. The minimum atomic E-state index is -2.38. The molecule has 2 fully saturated rings. The lowest BCUT2D eigenvalue weighted by Crippen LogP contribution is -2.60. The SMILES string of the molecule is COB1CCC[C@H]2CN(C(=O)[C@@](N)(O)CO)C[C@@]2(N)C(=O)O1. The van der Waals surface area contributed by atoms with E-state index in [4.69, 9.17) is 25.9 Å². The fraction of sp³-hybridized carbons (Fsp3) is 0.833. The Morgan fingerprint density at radius 2 is 2.36 bits per heavy atom. The predicted molar refractivity (Wildman–Crippen MR) is 76.1 cm³/mol. The molecule has 22 heavy (non-hydrogen) atoms. The molecule has 9 nitrogen and oxygen atoms in total. The van der Waals surface area contributed by atoms with Crippen molar-refractivity contribution < 1.29 is 29.1 Å². The summed E-state index contributed by atoms with van der Waals surface area (Å²) in [6.45, 7) is -0.854. The number of aliphatic hydroxyl groups is 2. The average molecular weight is 315 g/mol. The van der Waals surface area contributed by atoms with E-state index in [0.29, 0.717) is 12.7 Å². The Kier molecular flexibility index (Phi) is 4.78. The summed E-state index contributed by atoms with van der Waals surface area (Å²) < 4.78 is 10.3. The number of nitrogens with two attached hydrogens (primary N) is 2. The molecule has 10 heteroatoms. The molecule has 3 atom stereocenters. The van der Waals surface area contributed by atoms with Crippen LogP contribution >= 0.6 is 0 Å². The Bertz CT molecular complexity index is 462. The van der Waals surface area contributed by atoms with Gasteiger partial charge in [0.05, 0.1) is 6.61 Å². The van der Waals surface area contributed by atoms with Crippen LogP contribution in [0.5, 0.6) is 0 Å². The Morgan fingerprint density at radius 3 is 2.95 bits per heavy atom. The smallest absolute Gasteiger partial charge is 0.508 e. The van der Waals surface area contributed by atoms with Crippen LogP contribution in [0.15, 0.2) is 0 Å². The lowest BCUT2D eigenvalue weighted by molar-refractivity contribution is -0.154. The molecule has 0 radical (unpaired) electrons. The van der Waals surface area contributed by atoms with Gasteiger partial charge in [0, 0.05) is 26.1 Å². The molecule has 0 aromatic heterocycles. The molecule has 0 aromatic carbocycles. The van der Waals surface area contributed by atoms with Gasteiger partial charge in [-0.05, 0) is 12.7 Å². The molecule has 2 rings (SSSR count). The summed E-state index contributed by atoms with van der Waals surface area (Å²) in [5.41, 5.74) is 7.80. The van der Waals surface area contributed by atoms with Gasteiger partial charge in [-0.3, -0.25) is 15.3 Å². The molecule has 1 amide bonds. The highest BCUT2D eigenvalue weighted by Gasteiger charge is 2.54. The molecule has 2 heterocycles. The van der Waals surface area contributed by atoms with Crippen molar-refractivity contribution in [3.05, 3.63) is 0 Å². The molecule has 0 unspecified atom stereocenters. The number of amides is 1. The van der Waals surface area contributed by atoms with E-state index in [1.165, 1.54) is 12.0 Å². The van der Waals surface area contributed by atoms with E-state index in [1.54, 1.807) is 0 Å². The number of aliphatic hydroxyl groups excluding tert-OH is 1. The van der Waals surface area contributed by atoms with Gasteiger partial charge in [-0.1, -0.05) is 6.42 Å². The first-order chi connectivity index (χ1) is 10.2. The van der Waals surface area contributed by atoms with Gasteiger partial charge in [0.2, 0.25) is 5.72 Å². The number of fused-ring (bicyclic) bond motifs is 1. The van der Waals surface area contributed by atoms with Crippen LogP contribution in [0.4, 0.5) is 0 Å². The van der Waals surface area contributed by atoms with Crippen LogP contribution in [0, 0.1) is 5.92 Å². The second kappa shape index (κ2) is 6.13. The summed E-state index contributed by atoms with van der Waals surface area (Å²) in [6, 6.07) is 0. The van der Waals surface area contributed by atoms with Crippen LogP contribution in [-0.2, 0) is 18.9 Å². The zero-order valence-corrected chi connectivity index (χ0v) is 12.5. The summed E-state index contributed by atoms with van der Waals surface area (Å²) in [5.74, 6) is -1.79. The zero-order chi connectivity index (χ0) is 16.5. The summed E-state index contributed by atoms with van der Waals surface area (Å²) in [4.78, 5) is 25.7. The first kappa shape index (κ1) is 17.2. The van der Waals surface area contributed by atoms with Crippen LogP contribution in [-0.4, -0.2) is 72.2 Å². The Labute approximate surface area is 128 Å². The monoisotopic (exact) mass is 315 g/mol. The van der Waals surface area contributed by atoms with Crippen molar-refractivity contribution in [3.8, 4) is 0 Å². The molecule has 2 aliphatic rings. The topological polar surface area (TPSA) is 148 Å². The van der Waals surface area contributed by atoms with Gasteiger partial charge < -0.3 is 30.2 Å². The zero-order valence-electron chi connectivity index (χ0n) is 12.5. The molecule has 6 N–H and O–H groups in total. The minimum absolute atomic E-state index is 0.120. The largest absolute Gasteiger partial charge is 0.527 e. The summed E-state index contributed by atoms with van der Waals surface area (Å²) in [5, 5.41) is 18.7. The van der Waals surface area contributed by atoms with E-state index in [-0.39, 0.29) is 19.0 Å². The molecule has 124 valence electrons. The molecule has 0 aliphatic carbocycles. The van der Waals surface area contributed by atoms with Crippen LogP contribution in [0.1, 0.15) is 12.8 Å². The van der Waals surface area contributed by atoms with Gasteiger partial charge in [0.15, 0.2) is 0 Å². The van der Waals surface area contributed by atoms with E-state index >= 15 is 0 Å². The molecule has 0 spiro atoms. The average Bonchev–Trinajstić information content (AvgIpc) is 2.81. The Hall–Kier alpha value is -1.20. The fourth-order valence-corrected chi connectivity index (χ4v) is 3.00. The minimum Gasteiger partial charge on any atom is -0.508 e. The highest BCUT2D eigenvalue weighted by molar-refractivity contribution is 6.47. The first-order valence-corrected chi connectivity index (χ1v) is 7.19. The van der Waals surface area contributed by atoms with Crippen molar-refractivity contribution >= 4 is 19.0 Å². The van der Waals surface area contributed by atoms with E-state index < -0.39 is 36.9 Å². The standard InChI is InChI=1S/C12H22BN3O6/c1-21-13-4-2-3-8-5-16(9(18)12(15,20)7-17)6-11(8,14)10(19)22-13/h8,17,20H,2-7,14-15H2,1H3/t8-,11-,12-/m0/s1. The van der Waals surface area contributed by atoms with Crippen LogP contribution in [0.3, 0.4) is 0 Å². The molecular weight excluding hydrogens is 293 g/mol. The number of hydrogen-bond donors (Lipinski definition) is 4. The van der Waals surface area contributed by atoms with Crippen LogP contribution in [0.2, 0.25) is 6.32 Å². The maximum absolute atomic E-state index is 12.3. The number of carbonyl (C=O) groups is 2. The molecule has 2 saturated heterocycles. The number of rotatable bonds is 3. The van der Waals surface area contributed by atoms with Crippen molar-refractivity contribution in [2.45, 2.75) is 30.4 Å². The van der Waals surface area contributed by atoms with E-state index in [1.807, 2.05) is 0 Å². The third-order valence-corrected chi connectivity index (χ3v) is 4.39. The van der Waals surface area contributed by atoms with Crippen molar-refractivity contribution in [1.82, 2.24) is 4.90 Å². The van der Waals surface area contributed by atoms with Gasteiger partial charge in [0.1, 0.15) is 5.54 Å². The predicted octanol–water partition coefficient (Wildman–Crippen LogP) is -2.75. The van der Waals surface area contributed by atoms with Gasteiger partial charge in [0.25, 0.3) is 5.91 Å². The van der Waals surface area contributed by atoms with Crippen molar-refractivity contribution in [2.24, 2.45) is 17.4 Å². The summed E-state index contributed by atoms with van der Waals surface area (Å²) >= 11 is 0. The molecule has 2 aliphatic heterocycles. The lowest BCUT2D eigenvalue weighted by Gasteiger charge is -2.31. The first-order valence-electron chi connectivity index (χ1n) is 7.19. The van der Waals surface area contributed by atoms with Gasteiger partial charge in [-0.2, -0.15) is 0 Å². The van der Waals surface area contributed by atoms with Gasteiger partial charge in [-0.15, -0.1) is 0 Å². The Balaban J connectivity index is 2.18. The number of hydrogen-bond acceptors (Lipinski definition) is 8. The number of carbonyl (C=O) groups excluding carboxylic acids is 2. The summed E-state index contributed by atoms with van der Waals surface area (Å²) in [6.07, 6.45) is 1.90. The highest BCUT2D eigenvalue weighted by atomic mass is 16.6. The van der Waals surface area contributed by atoms with Crippen molar-refractivity contribution in [1.29, 1.82) is 0 Å². The molecule has 0 aromatic rings. The second-order valence-electron chi connectivity index (χ2n) is 6.01. The third-order valence-electron chi connectivity index (χ3n) is 4.39. The fourth-order valence-electron chi connectivity index (χ4n) is 3.00. The maximum atomic E-state index is 12.3. The maximum Gasteiger partial charge on any atom is 0.527 e. The number of nitrogens with zero attached hydrogens (tertiary/aromatic N) is 1. The van der Waals surface area contributed by atoms with Crippen molar-refractivity contribution in [2.75, 3.05) is 26.8 Å². The third kappa shape index (κ3) is 2.97. The molecule has 0 bridgehead atoms. The van der Waals surface area contributed by atoms with Crippen LogP contribution < -0.4 is 11.5 Å². The van der Waals surface area contributed by atoms with Gasteiger partial charge >= 0.3 is 13.1 Å². The lowest BCUT2D eigenvalue weighted by atomic mass is 9.75. The van der Waals surface area contributed by atoms with Crippen molar-refractivity contribution in [3.63, 3.8) is 0 Å². The summed E-state index contributed by atoms with van der Waals surface area (Å²) in [7, 11) is 0.794. The van der Waals surface area contributed by atoms with Gasteiger partial charge in [-0.25, -0.2) is 0 Å².